The molecule has 35 heavy (non-hydrogen) atoms. The van der Waals surface area contributed by atoms with Gasteiger partial charge in [0.15, 0.2) is 0 Å². The first kappa shape index (κ1) is 32.3. The molecule has 0 aliphatic heterocycles. The Labute approximate surface area is 242 Å². The predicted octanol–water partition coefficient (Wildman–Crippen LogP) is 10.7. The number of aromatic nitrogens is 2. The van der Waals surface area contributed by atoms with Gasteiger partial charge in [0.05, 0.1) is 11.0 Å². The number of benzene rings is 2. The molecule has 0 fully saturated rings. The van der Waals surface area contributed by atoms with E-state index in [1.807, 2.05) is 42.5 Å². The first-order valence-electron chi connectivity index (χ1n) is 11.1. The zero-order valence-electron chi connectivity index (χ0n) is 21.3. The van der Waals surface area contributed by atoms with Crippen LogP contribution in [0.15, 0.2) is 60.7 Å². The Kier molecular flexibility index (Phi) is 13.7. The fourth-order valence-corrected chi connectivity index (χ4v) is 3.51. The Morgan fingerprint density at radius 2 is 1.14 bits per heavy atom. The van der Waals surface area contributed by atoms with Crippen molar-refractivity contribution in [3.63, 3.8) is 0 Å². The minimum atomic E-state index is 0.250. The standard InChI is InChI=1S/C14H16ClN.C9H5Cl2N.C5H11.BrH.Zn/c1-14(2,3)9-10-7-8-11-12(15)5-4-6-13(11)16-10;10-7-2-1-3-8-6(7)4-5-9(11)12-8;1-5(2,3)4;;/h4-8H,9H2,1-3H3;1-5H;1H2,2-4H3;1H;/q;;-1;;+2/p-1. The van der Waals surface area contributed by atoms with Crippen molar-refractivity contribution < 1.29 is 16.3 Å². The molecule has 2 nitrogen and oxygen atoms in total. The summed E-state index contributed by atoms with van der Waals surface area (Å²) in [5, 5.41) is 3.93. The van der Waals surface area contributed by atoms with Crippen molar-refractivity contribution in [1.82, 2.24) is 9.97 Å². The molecule has 4 aromatic rings. The van der Waals surface area contributed by atoms with E-state index in [1.165, 1.54) is 16.3 Å². The van der Waals surface area contributed by atoms with Gasteiger partial charge in [-0.1, -0.05) is 88.5 Å². The van der Waals surface area contributed by atoms with E-state index in [0.717, 1.165) is 38.9 Å². The molecule has 0 saturated heterocycles. The number of hydrogen-bond donors (Lipinski definition) is 0. The van der Waals surface area contributed by atoms with Crippen molar-refractivity contribution in [3.05, 3.63) is 88.5 Å². The Balaban J connectivity index is 0.000000284. The Morgan fingerprint density at radius 1 is 0.714 bits per heavy atom. The van der Waals surface area contributed by atoms with E-state index in [-0.39, 0.29) is 10.8 Å². The monoisotopic (exact) mass is 644 g/mol. The number of hydrogen-bond acceptors (Lipinski definition) is 2. The molecule has 2 heterocycles. The first-order valence-corrected chi connectivity index (χ1v) is 19.2. The SMILES string of the molecule is CC(C)(C)Cc1ccc2c(Cl)cccc2n1.Clc1ccc2c(Cl)cccc2n1.[CH2-]C(C)(C)C.[Zn+][Br]. The molecule has 7 heteroatoms. The summed E-state index contributed by atoms with van der Waals surface area (Å²) in [7, 11) is 0. The van der Waals surface area contributed by atoms with Crippen LogP contribution in [0.1, 0.15) is 47.2 Å². The third-order valence-electron chi connectivity index (χ3n) is 4.09. The van der Waals surface area contributed by atoms with Crippen LogP contribution in [-0.4, -0.2) is 9.97 Å². The molecular weight excluding hydrogens is 616 g/mol. The molecule has 0 spiro atoms. The zero-order chi connectivity index (χ0) is 26.8. The van der Waals surface area contributed by atoms with Crippen LogP contribution in [-0.2, 0) is 22.8 Å². The molecule has 0 aliphatic rings. The molecular formula is C28H32BrCl3N2Zn. The predicted molar refractivity (Wildman–Crippen MR) is 155 cm³/mol. The number of fused-ring (bicyclic) bond motifs is 2. The van der Waals surface area contributed by atoms with E-state index in [4.69, 9.17) is 34.8 Å². The molecule has 0 radical (unpaired) electrons. The second-order valence-corrected chi connectivity index (χ2v) is 11.5. The number of nitrogens with zero attached hydrogens (tertiary/aromatic N) is 2. The average Bonchev–Trinajstić information content (AvgIpc) is 2.73. The molecule has 0 amide bonds. The van der Waals surface area contributed by atoms with Crippen LogP contribution in [0.2, 0.25) is 15.2 Å². The van der Waals surface area contributed by atoms with Crippen LogP contribution in [0.3, 0.4) is 0 Å². The second-order valence-electron chi connectivity index (χ2n) is 10.3. The van der Waals surface area contributed by atoms with Crippen LogP contribution in [0.5, 0.6) is 0 Å². The summed E-state index contributed by atoms with van der Waals surface area (Å²) in [6.45, 7) is 16.7. The Morgan fingerprint density at radius 3 is 1.60 bits per heavy atom. The van der Waals surface area contributed by atoms with Crippen LogP contribution in [0.4, 0.5) is 0 Å². The molecule has 2 aromatic carbocycles. The molecule has 2 aromatic heterocycles. The number of rotatable bonds is 1. The molecule has 0 unspecified atom stereocenters. The van der Waals surface area contributed by atoms with Crippen molar-refractivity contribution in [3.8, 4) is 0 Å². The van der Waals surface area contributed by atoms with Gasteiger partial charge in [-0.2, -0.15) is 5.41 Å². The van der Waals surface area contributed by atoms with E-state index in [0.29, 0.717) is 10.2 Å². The summed E-state index contributed by atoms with van der Waals surface area (Å²) in [6.07, 6.45) is 0.982. The van der Waals surface area contributed by atoms with E-state index < -0.39 is 0 Å². The third kappa shape index (κ3) is 12.8. The maximum absolute atomic E-state index is 6.10. The number of halogens is 4. The zero-order valence-corrected chi connectivity index (χ0v) is 28.1. The van der Waals surface area contributed by atoms with Crippen molar-refractivity contribution in [2.45, 2.75) is 48.0 Å². The fraction of sp³-hybridized carbons (Fsp3) is 0.321. The molecule has 0 bridgehead atoms. The summed E-state index contributed by atoms with van der Waals surface area (Å²) in [5.74, 6) is 0. The van der Waals surface area contributed by atoms with Gasteiger partial charge < -0.3 is 6.92 Å². The maximum atomic E-state index is 6.10. The van der Waals surface area contributed by atoms with Gasteiger partial charge in [-0.15, -0.1) is 0 Å². The van der Waals surface area contributed by atoms with Crippen molar-refractivity contribution in [1.29, 1.82) is 0 Å². The van der Waals surface area contributed by atoms with Gasteiger partial charge in [-0.3, -0.25) is 4.98 Å². The van der Waals surface area contributed by atoms with Gasteiger partial charge >= 0.3 is 30.0 Å². The number of pyridine rings is 2. The van der Waals surface area contributed by atoms with Gasteiger partial charge in [0, 0.05) is 26.5 Å². The van der Waals surface area contributed by atoms with E-state index in [9.17, 15) is 0 Å². The second kappa shape index (κ2) is 14.8. The van der Waals surface area contributed by atoms with Crippen LogP contribution in [0, 0.1) is 17.8 Å². The van der Waals surface area contributed by atoms with Crippen LogP contribution < -0.4 is 0 Å². The van der Waals surface area contributed by atoms with E-state index >= 15 is 0 Å². The van der Waals surface area contributed by atoms with Gasteiger partial charge in [0.25, 0.3) is 0 Å². The summed E-state index contributed by atoms with van der Waals surface area (Å²) in [4.78, 5) is 8.75. The van der Waals surface area contributed by atoms with E-state index in [1.54, 1.807) is 6.07 Å². The van der Waals surface area contributed by atoms with Gasteiger partial charge in [-0.25, -0.2) is 4.98 Å². The van der Waals surface area contributed by atoms with Crippen molar-refractivity contribution >= 4 is 70.2 Å². The fourth-order valence-electron chi connectivity index (χ4n) is 2.89. The van der Waals surface area contributed by atoms with Crippen LogP contribution >= 0.6 is 48.4 Å². The Hall–Kier alpha value is -0.767. The molecule has 0 atom stereocenters. The topological polar surface area (TPSA) is 25.8 Å². The molecule has 0 saturated carbocycles. The molecule has 0 aliphatic carbocycles. The third-order valence-corrected chi connectivity index (χ3v) is 4.96. The average molecular weight is 648 g/mol. The molecule has 0 N–H and O–H groups in total. The molecule has 184 valence electrons. The normalized spacial score (nSPS) is 11.0. The van der Waals surface area contributed by atoms with E-state index in [2.05, 4.69) is 84.2 Å². The Bertz CT molecular complexity index is 1210. The summed E-state index contributed by atoms with van der Waals surface area (Å²) in [5.41, 5.74) is 3.45. The van der Waals surface area contributed by atoms with Crippen molar-refractivity contribution in [2.75, 3.05) is 0 Å². The summed E-state index contributed by atoms with van der Waals surface area (Å²) in [6, 6.07) is 19.1. The molecule has 4 rings (SSSR count). The minimum absolute atomic E-state index is 0.250. The summed E-state index contributed by atoms with van der Waals surface area (Å²) >= 11 is 22.0. The van der Waals surface area contributed by atoms with Gasteiger partial charge in [0.1, 0.15) is 5.15 Å². The summed E-state index contributed by atoms with van der Waals surface area (Å²) < 4.78 is 0. The van der Waals surface area contributed by atoms with Crippen molar-refractivity contribution in [2.24, 2.45) is 10.8 Å². The first-order chi connectivity index (χ1) is 16.2. The van der Waals surface area contributed by atoms with Gasteiger partial charge in [0.2, 0.25) is 0 Å². The van der Waals surface area contributed by atoms with Gasteiger partial charge in [-0.05, 0) is 60.4 Å². The quantitative estimate of drug-likeness (QED) is 0.117. The van der Waals surface area contributed by atoms with Crippen LogP contribution in [0.25, 0.3) is 21.8 Å².